The Morgan fingerprint density at radius 3 is 2.85 bits per heavy atom. The number of carbonyl (C=O) groups is 1. The number of aromatic nitrogens is 2. The fourth-order valence-corrected chi connectivity index (χ4v) is 4.39. The molecule has 7 heteroatoms. The molecule has 4 rings (SSSR count). The Morgan fingerprint density at radius 1 is 1.27 bits per heavy atom. The Hall–Kier alpha value is -1.89. The average Bonchev–Trinajstić information content (AvgIpc) is 3.23. The van der Waals surface area contributed by atoms with Gasteiger partial charge in [-0.25, -0.2) is 4.98 Å². The lowest BCUT2D eigenvalue weighted by atomic mass is 9.98. The van der Waals surface area contributed by atoms with Crippen molar-refractivity contribution in [2.24, 2.45) is 11.8 Å². The summed E-state index contributed by atoms with van der Waals surface area (Å²) in [6.07, 6.45) is 6.23. The number of amides is 1. The zero-order valence-corrected chi connectivity index (χ0v) is 15.8. The number of hydrogen-bond acceptors (Lipinski definition) is 6. The molecule has 2 unspecified atom stereocenters. The van der Waals surface area contributed by atoms with E-state index in [1.54, 1.807) is 7.11 Å². The predicted molar refractivity (Wildman–Crippen MR) is 100 cm³/mol. The lowest BCUT2D eigenvalue weighted by Crippen LogP contribution is -2.41. The zero-order chi connectivity index (χ0) is 18.1. The molecule has 0 aromatic carbocycles. The van der Waals surface area contributed by atoms with Crippen LogP contribution in [0.5, 0.6) is 0 Å². The van der Waals surface area contributed by atoms with Crippen molar-refractivity contribution in [3.63, 3.8) is 0 Å². The molecule has 1 aromatic heterocycles. The van der Waals surface area contributed by atoms with Crippen molar-refractivity contribution >= 4 is 17.7 Å². The second-order valence-electron chi connectivity index (χ2n) is 7.72. The molecule has 142 valence electrons. The van der Waals surface area contributed by atoms with Crippen molar-refractivity contribution in [2.75, 3.05) is 44.1 Å². The molecule has 1 amide bonds. The van der Waals surface area contributed by atoms with E-state index in [4.69, 9.17) is 14.7 Å². The molecule has 0 spiro atoms. The summed E-state index contributed by atoms with van der Waals surface area (Å²) in [4.78, 5) is 24.1. The van der Waals surface area contributed by atoms with Crippen LogP contribution in [-0.4, -0.2) is 55.8 Å². The summed E-state index contributed by atoms with van der Waals surface area (Å²) in [5.41, 5.74) is 2.47. The number of anilines is 2. The Bertz CT molecular complexity index is 676. The number of nitrogens with zero attached hydrogens (tertiary/aromatic N) is 3. The molecular formula is C19H29N5O2. The van der Waals surface area contributed by atoms with Crippen molar-refractivity contribution in [2.45, 2.75) is 44.6 Å². The molecule has 0 radical (unpaired) electrons. The molecule has 26 heavy (non-hydrogen) atoms. The van der Waals surface area contributed by atoms with Crippen molar-refractivity contribution < 1.29 is 9.53 Å². The van der Waals surface area contributed by atoms with Gasteiger partial charge in [-0.2, -0.15) is 4.98 Å². The van der Waals surface area contributed by atoms with Crippen molar-refractivity contribution in [1.82, 2.24) is 15.3 Å². The number of fused-ring (bicyclic) bond motifs is 1. The minimum absolute atomic E-state index is 0.0788. The summed E-state index contributed by atoms with van der Waals surface area (Å²) in [6.45, 7) is 2.19. The molecule has 1 saturated heterocycles. The van der Waals surface area contributed by atoms with Gasteiger partial charge in [-0.15, -0.1) is 0 Å². The fourth-order valence-electron chi connectivity index (χ4n) is 4.39. The Balaban J connectivity index is 1.50. The van der Waals surface area contributed by atoms with E-state index in [-0.39, 0.29) is 11.9 Å². The third kappa shape index (κ3) is 3.49. The Kier molecular flexibility index (Phi) is 4.98. The van der Waals surface area contributed by atoms with Gasteiger partial charge in [0.05, 0.1) is 18.3 Å². The predicted octanol–water partition coefficient (Wildman–Crippen LogP) is 1.37. The molecular weight excluding hydrogens is 330 g/mol. The van der Waals surface area contributed by atoms with Crippen LogP contribution in [0.4, 0.5) is 11.8 Å². The summed E-state index contributed by atoms with van der Waals surface area (Å²) in [6, 6.07) is 0.182. The van der Waals surface area contributed by atoms with Crippen LogP contribution in [0.25, 0.3) is 0 Å². The van der Waals surface area contributed by atoms with Crippen LogP contribution in [0.15, 0.2) is 0 Å². The topological polar surface area (TPSA) is 79.4 Å². The number of rotatable bonds is 7. The monoisotopic (exact) mass is 359 g/mol. The smallest absolute Gasteiger partial charge is 0.227 e. The molecule has 2 heterocycles. The maximum atomic E-state index is 12.2. The first kappa shape index (κ1) is 17.5. The van der Waals surface area contributed by atoms with Gasteiger partial charge < -0.3 is 20.3 Å². The summed E-state index contributed by atoms with van der Waals surface area (Å²) in [7, 11) is 3.56. The summed E-state index contributed by atoms with van der Waals surface area (Å²) in [5.74, 6) is 3.09. The molecule has 3 aliphatic rings. The van der Waals surface area contributed by atoms with E-state index < -0.39 is 0 Å². The highest BCUT2D eigenvalue weighted by atomic mass is 16.5. The molecule has 1 aromatic rings. The number of methoxy groups -OCH3 is 1. The first-order chi connectivity index (χ1) is 12.7. The SMILES string of the molecule is CNc1nc(N2CC(NC(=O)CCOC)C(C3CC3)C2)nc2c1CCC2. The number of aryl methyl sites for hydroxylation is 1. The number of hydrogen-bond donors (Lipinski definition) is 2. The largest absolute Gasteiger partial charge is 0.384 e. The van der Waals surface area contributed by atoms with E-state index >= 15 is 0 Å². The third-order valence-corrected chi connectivity index (χ3v) is 5.91. The zero-order valence-electron chi connectivity index (χ0n) is 15.8. The van der Waals surface area contributed by atoms with Crippen LogP contribution in [0.3, 0.4) is 0 Å². The van der Waals surface area contributed by atoms with Gasteiger partial charge in [-0.05, 0) is 38.0 Å². The van der Waals surface area contributed by atoms with Crippen LogP contribution in [0, 0.1) is 11.8 Å². The van der Waals surface area contributed by atoms with Gasteiger partial charge in [0.1, 0.15) is 5.82 Å². The van der Waals surface area contributed by atoms with Gasteiger partial charge in [-0.3, -0.25) is 4.79 Å². The van der Waals surface area contributed by atoms with Crippen molar-refractivity contribution in [3.05, 3.63) is 11.3 Å². The molecule has 2 aliphatic carbocycles. The average molecular weight is 359 g/mol. The second kappa shape index (κ2) is 7.39. The number of nitrogens with one attached hydrogen (secondary N) is 2. The van der Waals surface area contributed by atoms with E-state index in [1.165, 1.54) is 24.1 Å². The summed E-state index contributed by atoms with van der Waals surface area (Å²) in [5, 5.41) is 6.48. The first-order valence-electron chi connectivity index (χ1n) is 9.80. The molecule has 0 bridgehead atoms. The highest BCUT2D eigenvalue weighted by Crippen LogP contribution is 2.42. The van der Waals surface area contributed by atoms with E-state index in [0.29, 0.717) is 18.9 Å². The Labute approximate surface area is 154 Å². The van der Waals surface area contributed by atoms with Crippen LogP contribution in [0.2, 0.25) is 0 Å². The Morgan fingerprint density at radius 2 is 2.12 bits per heavy atom. The maximum absolute atomic E-state index is 12.2. The molecule has 1 saturated carbocycles. The second-order valence-corrected chi connectivity index (χ2v) is 7.72. The summed E-state index contributed by atoms with van der Waals surface area (Å²) >= 11 is 0. The first-order valence-corrected chi connectivity index (χ1v) is 9.80. The standard InChI is InChI=1S/C19H29N5O2/c1-20-18-13-4-3-5-15(13)22-19(23-18)24-10-14(12-6-7-12)16(11-24)21-17(25)8-9-26-2/h12,14,16H,3-11H2,1-2H3,(H,21,25)(H,20,22,23). The third-order valence-electron chi connectivity index (χ3n) is 5.91. The van der Waals surface area contributed by atoms with E-state index in [9.17, 15) is 4.79 Å². The van der Waals surface area contributed by atoms with E-state index in [1.807, 2.05) is 7.05 Å². The fraction of sp³-hybridized carbons (Fsp3) is 0.737. The lowest BCUT2D eigenvalue weighted by Gasteiger charge is -2.19. The summed E-state index contributed by atoms with van der Waals surface area (Å²) < 4.78 is 5.02. The minimum Gasteiger partial charge on any atom is -0.384 e. The highest BCUT2D eigenvalue weighted by molar-refractivity contribution is 5.76. The van der Waals surface area contributed by atoms with Gasteiger partial charge >= 0.3 is 0 Å². The quantitative estimate of drug-likeness (QED) is 0.766. The minimum atomic E-state index is 0.0788. The van der Waals surface area contributed by atoms with Crippen LogP contribution < -0.4 is 15.5 Å². The van der Waals surface area contributed by atoms with Gasteiger partial charge in [0.15, 0.2) is 0 Å². The van der Waals surface area contributed by atoms with Gasteiger partial charge in [0, 0.05) is 45.1 Å². The highest BCUT2D eigenvalue weighted by Gasteiger charge is 2.44. The normalized spacial score (nSPS) is 24.6. The number of carbonyl (C=O) groups excluding carboxylic acids is 1. The molecule has 2 atom stereocenters. The number of ether oxygens (including phenoxy) is 1. The molecule has 2 N–H and O–H groups in total. The van der Waals surface area contributed by atoms with Crippen molar-refractivity contribution in [1.29, 1.82) is 0 Å². The lowest BCUT2D eigenvalue weighted by molar-refractivity contribution is -0.122. The molecule has 7 nitrogen and oxygen atoms in total. The van der Waals surface area contributed by atoms with E-state index in [2.05, 4.69) is 15.5 Å². The van der Waals surface area contributed by atoms with Gasteiger partial charge in [0.2, 0.25) is 11.9 Å². The van der Waals surface area contributed by atoms with Crippen LogP contribution >= 0.6 is 0 Å². The van der Waals surface area contributed by atoms with Crippen molar-refractivity contribution in [3.8, 4) is 0 Å². The van der Waals surface area contributed by atoms with E-state index in [0.717, 1.165) is 50.0 Å². The molecule has 2 fully saturated rings. The van der Waals surface area contributed by atoms with Gasteiger partial charge in [0.25, 0.3) is 0 Å². The maximum Gasteiger partial charge on any atom is 0.227 e. The molecule has 1 aliphatic heterocycles. The van der Waals surface area contributed by atoms with Gasteiger partial charge in [-0.1, -0.05) is 0 Å². The van der Waals surface area contributed by atoms with Crippen LogP contribution in [0.1, 0.15) is 36.9 Å². The van der Waals surface area contributed by atoms with Crippen LogP contribution in [-0.2, 0) is 22.4 Å².